The second-order valence-electron chi connectivity index (χ2n) is 7.71. The summed E-state index contributed by atoms with van der Waals surface area (Å²) in [6.45, 7) is 10.1. The first-order valence-corrected chi connectivity index (χ1v) is 9.41. The highest BCUT2D eigenvalue weighted by Crippen LogP contribution is 2.30. The molecule has 1 aromatic rings. The van der Waals surface area contributed by atoms with Crippen LogP contribution in [0.5, 0.6) is 5.75 Å². The fraction of sp³-hybridized carbons (Fsp3) is 0.600. The van der Waals surface area contributed by atoms with Crippen LogP contribution in [0.4, 0.5) is 0 Å². The molecule has 27 heavy (non-hydrogen) atoms. The predicted octanol–water partition coefficient (Wildman–Crippen LogP) is 3.06. The van der Waals surface area contributed by atoms with Gasteiger partial charge in [0.15, 0.2) is 5.96 Å². The molecule has 0 aliphatic heterocycles. The van der Waals surface area contributed by atoms with E-state index in [1.54, 1.807) is 0 Å². The second kappa shape index (κ2) is 11.4. The summed E-state index contributed by atoms with van der Waals surface area (Å²) < 4.78 is 5.93. The molecule has 1 fully saturated rings. The van der Waals surface area contributed by atoms with Gasteiger partial charge in [-0.2, -0.15) is 0 Å². The number of carbonyl (C=O) groups excluding carboxylic acids is 1. The van der Waals surface area contributed by atoms with Gasteiger partial charge in [0.25, 0.3) is 0 Å². The van der Waals surface area contributed by atoms with E-state index in [4.69, 9.17) is 4.74 Å². The zero-order valence-corrected chi connectivity index (χ0v) is 19.1. The number of hydrogen-bond acceptors (Lipinski definition) is 3. The van der Waals surface area contributed by atoms with E-state index in [2.05, 4.69) is 20.9 Å². The molecule has 0 unspecified atom stereocenters. The fourth-order valence-corrected chi connectivity index (χ4v) is 2.40. The molecule has 152 valence electrons. The molecule has 0 bridgehead atoms. The van der Waals surface area contributed by atoms with E-state index in [1.165, 1.54) is 12.8 Å². The number of halogens is 1. The molecule has 0 atom stereocenters. The lowest BCUT2D eigenvalue weighted by molar-refractivity contribution is -0.121. The minimum absolute atomic E-state index is 0. The van der Waals surface area contributed by atoms with Gasteiger partial charge in [0.05, 0.1) is 19.7 Å². The first-order chi connectivity index (χ1) is 12.4. The van der Waals surface area contributed by atoms with Crippen molar-refractivity contribution in [2.24, 2.45) is 10.9 Å². The van der Waals surface area contributed by atoms with Crippen LogP contribution < -0.4 is 20.7 Å². The summed E-state index contributed by atoms with van der Waals surface area (Å²) in [5.41, 5.74) is 0.802. The van der Waals surface area contributed by atoms with E-state index < -0.39 is 0 Å². The number of nitrogens with one attached hydrogen (secondary N) is 3. The SMILES string of the molecule is CCNC(=NCc1ccccc1OCC1CC1)NCC(=O)NC(C)(C)C.I. The maximum absolute atomic E-state index is 12.0. The summed E-state index contributed by atoms with van der Waals surface area (Å²) in [6.07, 6.45) is 2.54. The number of amides is 1. The number of ether oxygens (including phenoxy) is 1. The summed E-state index contributed by atoms with van der Waals surface area (Å²) in [5.74, 6) is 2.17. The third kappa shape index (κ3) is 9.83. The Morgan fingerprint density at radius 1 is 1.22 bits per heavy atom. The quantitative estimate of drug-likeness (QED) is 0.299. The van der Waals surface area contributed by atoms with Crippen LogP contribution >= 0.6 is 24.0 Å². The first kappa shape index (κ1) is 23.5. The van der Waals surface area contributed by atoms with Crippen molar-refractivity contribution in [1.29, 1.82) is 0 Å². The molecule has 0 radical (unpaired) electrons. The summed E-state index contributed by atoms with van der Waals surface area (Å²) >= 11 is 0. The van der Waals surface area contributed by atoms with Crippen LogP contribution in [0.15, 0.2) is 29.3 Å². The van der Waals surface area contributed by atoms with Gasteiger partial charge < -0.3 is 20.7 Å². The molecule has 1 saturated carbocycles. The van der Waals surface area contributed by atoms with Crippen molar-refractivity contribution in [2.45, 2.75) is 52.6 Å². The van der Waals surface area contributed by atoms with Gasteiger partial charge in [-0.25, -0.2) is 4.99 Å². The van der Waals surface area contributed by atoms with Crippen molar-refractivity contribution >= 4 is 35.8 Å². The Morgan fingerprint density at radius 3 is 2.56 bits per heavy atom. The molecule has 7 heteroatoms. The number of para-hydroxylation sites is 1. The molecule has 3 N–H and O–H groups in total. The highest BCUT2D eigenvalue weighted by atomic mass is 127. The van der Waals surface area contributed by atoms with Crippen LogP contribution in [-0.2, 0) is 11.3 Å². The van der Waals surface area contributed by atoms with Gasteiger partial charge in [0.1, 0.15) is 5.75 Å². The number of benzene rings is 1. The predicted molar refractivity (Wildman–Crippen MR) is 121 cm³/mol. The second-order valence-corrected chi connectivity index (χ2v) is 7.71. The fourth-order valence-electron chi connectivity index (χ4n) is 2.40. The molecule has 0 aromatic heterocycles. The molecule has 2 rings (SSSR count). The minimum Gasteiger partial charge on any atom is -0.493 e. The maximum Gasteiger partial charge on any atom is 0.239 e. The molecule has 0 heterocycles. The standard InChI is InChI=1S/C20H32N4O2.HI/c1-5-21-19(23-13-18(25)24-20(2,3)4)22-12-16-8-6-7-9-17(16)26-14-15-10-11-15;/h6-9,15H,5,10-14H2,1-4H3,(H,24,25)(H2,21,22,23);1H. The monoisotopic (exact) mass is 488 g/mol. The third-order valence-corrected chi connectivity index (χ3v) is 3.83. The van der Waals surface area contributed by atoms with Crippen molar-refractivity contribution < 1.29 is 9.53 Å². The number of aliphatic imine (C=N–C) groups is 1. The number of carbonyl (C=O) groups is 1. The highest BCUT2D eigenvalue weighted by Gasteiger charge is 2.22. The molecule has 6 nitrogen and oxygen atoms in total. The van der Waals surface area contributed by atoms with E-state index >= 15 is 0 Å². The smallest absolute Gasteiger partial charge is 0.239 e. The Kier molecular flexibility index (Phi) is 9.90. The molecule has 0 spiro atoms. The average molecular weight is 488 g/mol. The Balaban J connectivity index is 0.00000364. The number of guanidine groups is 1. The lowest BCUT2D eigenvalue weighted by atomic mass is 10.1. The summed E-state index contributed by atoms with van der Waals surface area (Å²) in [6, 6.07) is 7.99. The van der Waals surface area contributed by atoms with Gasteiger partial charge >= 0.3 is 0 Å². The van der Waals surface area contributed by atoms with Crippen LogP contribution in [0, 0.1) is 5.92 Å². The van der Waals surface area contributed by atoms with Crippen molar-refractivity contribution in [1.82, 2.24) is 16.0 Å². The zero-order chi connectivity index (χ0) is 19.0. The zero-order valence-electron chi connectivity index (χ0n) is 16.8. The molecule has 1 aliphatic rings. The third-order valence-electron chi connectivity index (χ3n) is 3.83. The molecule has 0 saturated heterocycles. The first-order valence-electron chi connectivity index (χ1n) is 9.41. The minimum atomic E-state index is -0.244. The van der Waals surface area contributed by atoms with Crippen LogP contribution in [0.25, 0.3) is 0 Å². The van der Waals surface area contributed by atoms with Crippen molar-refractivity contribution in [3.05, 3.63) is 29.8 Å². The van der Waals surface area contributed by atoms with Gasteiger partial charge in [-0.05, 0) is 52.5 Å². The van der Waals surface area contributed by atoms with Crippen LogP contribution in [-0.4, -0.2) is 37.1 Å². The molecular weight excluding hydrogens is 455 g/mol. The average Bonchev–Trinajstić information content (AvgIpc) is 3.39. The van der Waals surface area contributed by atoms with Crippen molar-refractivity contribution in [2.75, 3.05) is 19.7 Å². The number of hydrogen-bond donors (Lipinski definition) is 3. The van der Waals surface area contributed by atoms with E-state index in [9.17, 15) is 4.79 Å². The Bertz CT molecular complexity index is 625. The molecular formula is C20H33IN4O2. The lowest BCUT2D eigenvalue weighted by Crippen LogP contribution is -2.48. The Morgan fingerprint density at radius 2 is 1.93 bits per heavy atom. The largest absolute Gasteiger partial charge is 0.493 e. The highest BCUT2D eigenvalue weighted by molar-refractivity contribution is 14.0. The van der Waals surface area contributed by atoms with Gasteiger partial charge in [-0.15, -0.1) is 24.0 Å². The van der Waals surface area contributed by atoms with E-state index in [0.717, 1.165) is 24.5 Å². The maximum atomic E-state index is 12.0. The Hall–Kier alpha value is -1.51. The molecule has 1 aromatic carbocycles. The van der Waals surface area contributed by atoms with E-state index in [-0.39, 0.29) is 42.0 Å². The lowest BCUT2D eigenvalue weighted by Gasteiger charge is -2.21. The van der Waals surface area contributed by atoms with Gasteiger partial charge in [0.2, 0.25) is 5.91 Å². The summed E-state index contributed by atoms with van der Waals surface area (Å²) in [5, 5.41) is 9.18. The van der Waals surface area contributed by atoms with Gasteiger partial charge in [-0.1, -0.05) is 18.2 Å². The number of rotatable bonds is 8. The molecule has 1 aliphatic carbocycles. The van der Waals surface area contributed by atoms with Crippen LogP contribution in [0.1, 0.15) is 46.1 Å². The van der Waals surface area contributed by atoms with E-state index in [0.29, 0.717) is 18.4 Å². The van der Waals surface area contributed by atoms with Crippen LogP contribution in [0.3, 0.4) is 0 Å². The van der Waals surface area contributed by atoms with Gasteiger partial charge in [0, 0.05) is 17.6 Å². The van der Waals surface area contributed by atoms with Crippen LogP contribution in [0.2, 0.25) is 0 Å². The van der Waals surface area contributed by atoms with E-state index in [1.807, 2.05) is 52.0 Å². The van der Waals surface area contributed by atoms with Gasteiger partial charge in [-0.3, -0.25) is 4.79 Å². The van der Waals surface area contributed by atoms with Crippen molar-refractivity contribution in [3.8, 4) is 5.75 Å². The normalized spacial score (nSPS) is 14.1. The Labute approximate surface area is 179 Å². The summed E-state index contributed by atoms with van der Waals surface area (Å²) in [4.78, 5) is 16.6. The topological polar surface area (TPSA) is 74.8 Å². The van der Waals surface area contributed by atoms with Crippen molar-refractivity contribution in [3.63, 3.8) is 0 Å². The molecule has 1 amide bonds. The number of nitrogens with zero attached hydrogens (tertiary/aromatic N) is 1. The summed E-state index contributed by atoms with van der Waals surface area (Å²) in [7, 11) is 0.